The predicted octanol–water partition coefficient (Wildman–Crippen LogP) is 3.75. The molecular weight excluding hydrogens is 424 g/mol. The first-order valence-corrected chi connectivity index (χ1v) is 10.9. The minimum atomic E-state index is -1.24. The molecule has 2 amide bonds. The van der Waals surface area contributed by atoms with Gasteiger partial charge in [-0.2, -0.15) is 0 Å². The van der Waals surface area contributed by atoms with Gasteiger partial charge in [-0.15, -0.1) is 0 Å². The van der Waals surface area contributed by atoms with Gasteiger partial charge >= 0.3 is 12.1 Å². The highest BCUT2D eigenvalue weighted by Gasteiger charge is 2.34. The molecule has 0 spiro atoms. The Bertz CT molecular complexity index is 910. The third kappa shape index (κ3) is 7.82. The van der Waals surface area contributed by atoms with E-state index >= 15 is 0 Å². The number of methoxy groups -OCH3 is 2. The molecular formula is C25H32N2O6. The lowest BCUT2D eigenvalue weighted by Gasteiger charge is -2.38. The average molecular weight is 457 g/mol. The Balaban J connectivity index is 0.000000365. The molecule has 2 aromatic carbocycles. The highest BCUT2D eigenvalue weighted by Crippen LogP contribution is 2.39. The Kier molecular flexibility index (Phi) is 10.2. The lowest BCUT2D eigenvalue weighted by molar-refractivity contribution is -0.139. The number of carboxylic acid groups (broad SMARTS) is 1. The van der Waals surface area contributed by atoms with Crippen LogP contribution in [-0.2, 0) is 14.9 Å². The van der Waals surface area contributed by atoms with E-state index in [1.54, 1.807) is 7.11 Å². The molecule has 8 heteroatoms. The molecule has 33 heavy (non-hydrogen) atoms. The number of para-hydroxylation sites is 1. The lowest BCUT2D eigenvalue weighted by atomic mass is 9.69. The van der Waals surface area contributed by atoms with Crippen LogP contribution in [0.15, 0.2) is 54.6 Å². The summed E-state index contributed by atoms with van der Waals surface area (Å²) in [6.07, 6.45) is 4.75. The van der Waals surface area contributed by atoms with E-state index in [0.717, 1.165) is 12.8 Å². The molecule has 1 saturated carbocycles. The number of hydrogen-bond acceptors (Lipinski definition) is 5. The quantitative estimate of drug-likeness (QED) is 0.547. The molecule has 0 aliphatic heterocycles. The molecule has 1 aliphatic carbocycles. The van der Waals surface area contributed by atoms with Gasteiger partial charge in [0.2, 0.25) is 0 Å². The van der Waals surface area contributed by atoms with Crippen molar-refractivity contribution in [3.05, 3.63) is 65.7 Å². The van der Waals surface area contributed by atoms with E-state index in [9.17, 15) is 14.4 Å². The van der Waals surface area contributed by atoms with Crippen molar-refractivity contribution in [2.45, 2.75) is 37.5 Å². The largest absolute Gasteiger partial charge is 0.496 e. The van der Waals surface area contributed by atoms with Gasteiger partial charge in [0.15, 0.2) is 0 Å². The Morgan fingerprint density at radius 1 is 0.909 bits per heavy atom. The molecule has 0 saturated heterocycles. The van der Waals surface area contributed by atoms with Gasteiger partial charge < -0.3 is 25.2 Å². The van der Waals surface area contributed by atoms with Gasteiger partial charge in [-0.3, -0.25) is 9.59 Å². The summed E-state index contributed by atoms with van der Waals surface area (Å²) in [5.41, 5.74) is 1.99. The zero-order valence-electron chi connectivity index (χ0n) is 19.1. The first-order chi connectivity index (χ1) is 15.9. The van der Waals surface area contributed by atoms with E-state index in [1.807, 2.05) is 35.6 Å². The third-order valence-electron chi connectivity index (χ3n) is 5.75. The van der Waals surface area contributed by atoms with Gasteiger partial charge in [-0.25, -0.2) is 4.79 Å². The summed E-state index contributed by atoms with van der Waals surface area (Å²) in [6.45, 7) is 0.375. The molecule has 0 aromatic heterocycles. The van der Waals surface area contributed by atoms with Gasteiger partial charge in [-0.05, 0) is 30.5 Å². The van der Waals surface area contributed by atoms with Crippen molar-refractivity contribution < 1.29 is 29.0 Å². The number of carbonyl (C=O) groups is 3. The normalized spacial score (nSPS) is 14.1. The second kappa shape index (κ2) is 13.1. The fourth-order valence-electron chi connectivity index (χ4n) is 3.98. The number of amides is 2. The molecule has 0 heterocycles. The molecule has 2 aromatic rings. The Morgan fingerprint density at radius 3 is 2.15 bits per heavy atom. The summed E-state index contributed by atoms with van der Waals surface area (Å²) in [5, 5.41) is 12.9. The van der Waals surface area contributed by atoms with Crippen molar-refractivity contribution in [1.82, 2.24) is 10.6 Å². The monoisotopic (exact) mass is 456 g/mol. The van der Waals surface area contributed by atoms with Crippen LogP contribution in [0, 0.1) is 0 Å². The number of benzene rings is 2. The van der Waals surface area contributed by atoms with Crippen molar-refractivity contribution in [1.29, 1.82) is 0 Å². The number of esters is 1. The van der Waals surface area contributed by atoms with Crippen LogP contribution in [0.3, 0.4) is 0 Å². The maximum absolute atomic E-state index is 12.6. The van der Waals surface area contributed by atoms with Crippen LogP contribution in [0.5, 0.6) is 5.75 Å². The maximum Gasteiger partial charge on any atom is 0.405 e. The van der Waals surface area contributed by atoms with Crippen molar-refractivity contribution >= 4 is 18.0 Å². The van der Waals surface area contributed by atoms with Crippen LogP contribution in [0.25, 0.3) is 0 Å². The van der Waals surface area contributed by atoms with E-state index in [0.29, 0.717) is 17.9 Å². The summed E-state index contributed by atoms with van der Waals surface area (Å²) in [7, 11) is 2.78. The average Bonchev–Trinajstić information content (AvgIpc) is 2.87. The highest BCUT2D eigenvalue weighted by atomic mass is 16.5. The van der Waals surface area contributed by atoms with E-state index in [1.165, 1.54) is 31.9 Å². The zero-order chi connectivity index (χ0) is 24.1. The summed E-state index contributed by atoms with van der Waals surface area (Å²) >= 11 is 0. The maximum atomic E-state index is 12.6. The van der Waals surface area contributed by atoms with Crippen molar-refractivity contribution in [2.75, 3.05) is 27.3 Å². The molecule has 8 nitrogen and oxygen atoms in total. The van der Waals surface area contributed by atoms with Gasteiger partial charge in [0.1, 0.15) is 12.3 Å². The van der Waals surface area contributed by atoms with Crippen LogP contribution in [0.2, 0.25) is 0 Å². The second-order valence-corrected chi connectivity index (χ2v) is 7.82. The summed E-state index contributed by atoms with van der Waals surface area (Å²) < 4.78 is 9.44. The molecule has 178 valence electrons. The van der Waals surface area contributed by atoms with Crippen molar-refractivity contribution in [2.24, 2.45) is 0 Å². The minimum absolute atomic E-state index is 0.0528. The van der Waals surface area contributed by atoms with Gasteiger partial charge in [-0.1, -0.05) is 61.7 Å². The second-order valence-electron chi connectivity index (χ2n) is 7.82. The van der Waals surface area contributed by atoms with Crippen molar-refractivity contribution in [3.8, 4) is 5.75 Å². The fraction of sp³-hybridized carbons (Fsp3) is 0.400. The van der Waals surface area contributed by atoms with Crippen LogP contribution in [-0.4, -0.2) is 50.4 Å². The Labute approximate surface area is 194 Å². The van der Waals surface area contributed by atoms with Gasteiger partial charge in [0.05, 0.1) is 19.8 Å². The summed E-state index contributed by atoms with van der Waals surface area (Å²) in [4.78, 5) is 32.5. The Morgan fingerprint density at radius 2 is 1.55 bits per heavy atom. The topological polar surface area (TPSA) is 114 Å². The SMILES string of the molecule is COC(=O)CNC(=O)O.COc1ccccc1C(=O)NCC1(c2ccccc2)CCCCC1. The van der Waals surface area contributed by atoms with Crippen LogP contribution >= 0.6 is 0 Å². The molecule has 3 N–H and O–H groups in total. The zero-order valence-corrected chi connectivity index (χ0v) is 19.1. The molecule has 0 radical (unpaired) electrons. The van der Waals surface area contributed by atoms with E-state index in [4.69, 9.17) is 9.84 Å². The van der Waals surface area contributed by atoms with Crippen LogP contribution < -0.4 is 15.4 Å². The standard InChI is InChI=1S/C21H25NO2.C4H7NO4/c1-24-19-13-7-6-12-18(19)20(23)22-16-21(14-8-3-9-15-21)17-10-4-2-5-11-17;1-9-3(6)2-5-4(7)8/h2,4-7,10-13H,3,8-9,14-16H2,1H3,(H,22,23);5H,2H2,1H3,(H,7,8). The molecule has 0 bridgehead atoms. The number of carbonyl (C=O) groups excluding carboxylic acids is 2. The fourth-order valence-corrected chi connectivity index (χ4v) is 3.98. The minimum Gasteiger partial charge on any atom is -0.496 e. The van der Waals surface area contributed by atoms with Crippen LogP contribution in [0.4, 0.5) is 4.79 Å². The lowest BCUT2D eigenvalue weighted by Crippen LogP contribution is -2.42. The summed E-state index contributed by atoms with van der Waals surface area (Å²) in [5.74, 6) is -0.0434. The molecule has 0 atom stereocenters. The summed E-state index contributed by atoms with van der Waals surface area (Å²) in [6, 6.07) is 18.0. The van der Waals surface area contributed by atoms with E-state index in [-0.39, 0.29) is 17.9 Å². The number of ether oxygens (including phenoxy) is 2. The number of nitrogens with one attached hydrogen (secondary N) is 2. The molecule has 1 fully saturated rings. The number of rotatable bonds is 7. The van der Waals surface area contributed by atoms with E-state index in [2.05, 4.69) is 34.3 Å². The third-order valence-corrected chi connectivity index (χ3v) is 5.75. The van der Waals surface area contributed by atoms with Gasteiger partial charge in [0.25, 0.3) is 5.91 Å². The van der Waals surface area contributed by atoms with E-state index < -0.39 is 12.1 Å². The van der Waals surface area contributed by atoms with Crippen molar-refractivity contribution in [3.63, 3.8) is 0 Å². The molecule has 3 rings (SSSR count). The van der Waals surface area contributed by atoms with Crippen LogP contribution in [0.1, 0.15) is 48.0 Å². The molecule has 0 unspecified atom stereocenters. The number of hydrogen-bond donors (Lipinski definition) is 3. The first-order valence-electron chi connectivity index (χ1n) is 10.9. The Hall–Kier alpha value is -3.55. The predicted molar refractivity (Wildman–Crippen MR) is 125 cm³/mol. The van der Waals surface area contributed by atoms with Gasteiger partial charge in [0, 0.05) is 12.0 Å². The smallest absolute Gasteiger partial charge is 0.405 e. The highest BCUT2D eigenvalue weighted by molar-refractivity contribution is 5.97. The molecule has 1 aliphatic rings. The first kappa shape index (κ1) is 25.7.